The summed E-state index contributed by atoms with van der Waals surface area (Å²) in [6.45, 7) is 1.72. The van der Waals surface area contributed by atoms with Crippen LogP contribution in [0.25, 0.3) is 0 Å². The number of anilines is 1. The third kappa shape index (κ3) is 4.48. The smallest absolute Gasteiger partial charge is 0.265 e. The molecule has 1 atom stereocenters. The van der Waals surface area contributed by atoms with Gasteiger partial charge in [-0.05, 0) is 55.9 Å². The highest BCUT2D eigenvalue weighted by Gasteiger charge is 2.19. The number of ether oxygens (including phenoxy) is 3. The van der Waals surface area contributed by atoms with E-state index in [9.17, 15) is 4.79 Å². The van der Waals surface area contributed by atoms with Gasteiger partial charge in [-0.25, -0.2) is 0 Å². The summed E-state index contributed by atoms with van der Waals surface area (Å²) in [6, 6.07) is 9.31. The van der Waals surface area contributed by atoms with Gasteiger partial charge in [-0.15, -0.1) is 0 Å². The highest BCUT2D eigenvalue weighted by atomic mass is 35.5. The van der Waals surface area contributed by atoms with E-state index >= 15 is 0 Å². The number of fused-ring (bicyclic) bond motifs is 1. The molecule has 1 amide bonds. The molecule has 0 saturated heterocycles. The zero-order chi connectivity index (χ0) is 19.4. The summed E-state index contributed by atoms with van der Waals surface area (Å²) in [5, 5.41) is 3.23. The molecule has 0 aromatic heterocycles. The fourth-order valence-corrected chi connectivity index (χ4v) is 3.46. The normalized spacial score (nSPS) is 14.1. The van der Waals surface area contributed by atoms with Crippen molar-refractivity contribution in [3.8, 4) is 17.2 Å². The molecule has 0 bridgehead atoms. The van der Waals surface area contributed by atoms with Crippen LogP contribution in [-0.2, 0) is 17.6 Å². The van der Waals surface area contributed by atoms with Crippen LogP contribution >= 0.6 is 11.6 Å². The van der Waals surface area contributed by atoms with Gasteiger partial charge in [-0.1, -0.05) is 17.7 Å². The first-order valence-electron chi connectivity index (χ1n) is 9.02. The molecule has 0 spiro atoms. The second kappa shape index (κ2) is 8.53. The topological polar surface area (TPSA) is 56.8 Å². The van der Waals surface area contributed by atoms with Crippen molar-refractivity contribution in [1.82, 2.24) is 0 Å². The van der Waals surface area contributed by atoms with E-state index in [1.807, 2.05) is 12.1 Å². The second-order valence-corrected chi connectivity index (χ2v) is 6.98. The Morgan fingerprint density at radius 2 is 1.74 bits per heavy atom. The van der Waals surface area contributed by atoms with Crippen LogP contribution in [0.5, 0.6) is 17.2 Å². The molecule has 2 aromatic rings. The summed E-state index contributed by atoms with van der Waals surface area (Å²) in [5.74, 6) is 1.33. The van der Waals surface area contributed by atoms with Crippen LogP contribution in [0.2, 0.25) is 5.02 Å². The first-order valence-corrected chi connectivity index (χ1v) is 9.40. The van der Waals surface area contributed by atoms with Gasteiger partial charge in [0, 0.05) is 12.1 Å². The van der Waals surface area contributed by atoms with Crippen molar-refractivity contribution >= 4 is 23.2 Å². The van der Waals surface area contributed by atoms with Crippen LogP contribution in [0.3, 0.4) is 0 Å². The van der Waals surface area contributed by atoms with Gasteiger partial charge in [0.05, 0.1) is 24.9 Å². The number of methoxy groups -OCH3 is 2. The van der Waals surface area contributed by atoms with Gasteiger partial charge in [0.25, 0.3) is 5.91 Å². The summed E-state index contributed by atoms with van der Waals surface area (Å²) in [5.41, 5.74) is 3.17. The van der Waals surface area contributed by atoms with Crippen LogP contribution in [0.15, 0.2) is 30.3 Å². The van der Waals surface area contributed by atoms with E-state index in [-0.39, 0.29) is 5.91 Å². The van der Waals surface area contributed by atoms with Gasteiger partial charge in [0.1, 0.15) is 17.2 Å². The molecule has 144 valence electrons. The highest BCUT2D eigenvalue weighted by molar-refractivity contribution is 6.32. The number of halogens is 1. The van der Waals surface area contributed by atoms with Crippen LogP contribution in [-0.4, -0.2) is 26.2 Å². The third-order valence-corrected chi connectivity index (χ3v) is 5.03. The van der Waals surface area contributed by atoms with E-state index in [0.717, 1.165) is 12.8 Å². The predicted molar refractivity (Wildman–Crippen MR) is 106 cm³/mol. The van der Waals surface area contributed by atoms with Crippen molar-refractivity contribution in [3.05, 3.63) is 46.5 Å². The van der Waals surface area contributed by atoms with Crippen LogP contribution in [0.1, 0.15) is 30.9 Å². The first kappa shape index (κ1) is 19.4. The molecule has 6 heteroatoms. The Labute approximate surface area is 164 Å². The number of aryl methyl sites for hydroxylation is 2. The number of nitrogens with one attached hydrogen (secondary N) is 1. The molecule has 0 radical (unpaired) electrons. The molecule has 0 fully saturated rings. The standard InChI is InChI=1S/C21H24ClNO4/c1-13(27-16-9-8-14-6-4-5-7-15(14)10-16)21(24)23-18-12-19(25-2)17(22)11-20(18)26-3/h8-13H,4-7H2,1-3H3,(H,23,24)/t13-/m0/s1. The Bertz CT molecular complexity index is 837. The van der Waals surface area contributed by atoms with Gasteiger partial charge in [-0.2, -0.15) is 0 Å². The molecule has 0 saturated carbocycles. The molecule has 5 nitrogen and oxygen atoms in total. The Balaban J connectivity index is 1.71. The molecule has 0 aliphatic heterocycles. The Hall–Kier alpha value is -2.40. The predicted octanol–water partition coefficient (Wildman–Crippen LogP) is 4.64. The molecule has 0 heterocycles. The van der Waals surface area contributed by atoms with Gasteiger partial charge in [-0.3, -0.25) is 4.79 Å². The Morgan fingerprint density at radius 1 is 1.04 bits per heavy atom. The van der Waals surface area contributed by atoms with E-state index in [4.69, 9.17) is 25.8 Å². The van der Waals surface area contributed by atoms with Gasteiger partial charge < -0.3 is 19.5 Å². The molecular weight excluding hydrogens is 366 g/mol. The minimum Gasteiger partial charge on any atom is -0.495 e. The van der Waals surface area contributed by atoms with E-state index in [2.05, 4.69) is 11.4 Å². The van der Waals surface area contributed by atoms with E-state index in [1.54, 1.807) is 19.1 Å². The molecule has 0 unspecified atom stereocenters. The lowest BCUT2D eigenvalue weighted by Crippen LogP contribution is -2.30. The monoisotopic (exact) mass is 389 g/mol. The lowest BCUT2D eigenvalue weighted by molar-refractivity contribution is -0.122. The van der Waals surface area contributed by atoms with Crippen molar-refractivity contribution in [3.63, 3.8) is 0 Å². The summed E-state index contributed by atoms with van der Waals surface area (Å²) in [7, 11) is 3.03. The van der Waals surface area contributed by atoms with Crippen molar-refractivity contribution in [2.75, 3.05) is 19.5 Å². The zero-order valence-electron chi connectivity index (χ0n) is 15.8. The second-order valence-electron chi connectivity index (χ2n) is 6.57. The molecule has 1 N–H and O–H groups in total. The number of carbonyl (C=O) groups is 1. The van der Waals surface area contributed by atoms with Crippen molar-refractivity contribution in [2.45, 2.75) is 38.7 Å². The van der Waals surface area contributed by atoms with E-state index in [0.29, 0.717) is 28.0 Å². The molecule has 27 heavy (non-hydrogen) atoms. The van der Waals surface area contributed by atoms with E-state index in [1.165, 1.54) is 38.2 Å². The lowest BCUT2D eigenvalue weighted by Gasteiger charge is -2.20. The van der Waals surface area contributed by atoms with Gasteiger partial charge >= 0.3 is 0 Å². The lowest BCUT2D eigenvalue weighted by atomic mass is 9.92. The number of hydrogen-bond donors (Lipinski definition) is 1. The van der Waals surface area contributed by atoms with E-state index < -0.39 is 6.10 Å². The van der Waals surface area contributed by atoms with Gasteiger partial charge in [0.2, 0.25) is 0 Å². The zero-order valence-corrected chi connectivity index (χ0v) is 16.6. The number of carbonyl (C=O) groups excluding carboxylic acids is 1. The fourth-order valence-electron chi connectivity index (χ4n) is 3.23. The summed E-state index contributed by atoms with van der Waals surface area (Å²) >= 11 is 6.10. The maximum Gasteiger partial charge on any atom is 0.265 e. The minimum atomic E-state index is -0.669. The fraction of sp³-hybridized carbons (Fsp3) is 0.381. The summed E-state index contributed by atoms with van der Waals surface area (Å²) in [6.07, 6.45) is 3.94. The van der Waals surface area contributed by atoms with Crippen LogP contribution in [0, 0.1) is 0 Å². The SMILES string of the molecule is COc1cc(NC(=O)[C@H](C)Oc2ccc3c(c2)CCCC3)c(OC)cc1Cl. The maximum absolute atomic E-state index is 12.6. The van der Waals surface area contributed by atoms with Crippen LogP contribution < -0.4 is 19.5 Å². The number of amides is 1. The average Bonchev–Trinajstić information content (AvgIpc) is 2.68. The highest BCUT2D eigenvalue weighted by Crippen LogP contribution is 2.36. The number of hydrogen-bond acceptors (Lipinski definition) is 4. The largest absolute Gasteiger partial charge is 0.495 e. The molecule has 3 rings (SSSR count). The Kier molecular flexibility index (Phi) is 6.11. The summed E-state index contributed by atoms with van der Waals surface area (Å²) in [4.78, 5) is 12.6. The Morgan fingerprint density at radius 3 is 2.44 bits per heavy atom. The average molecular weight is 390 g/mol. The molecular formula is C21H24ClNO4. The third-order valence-electron chi connectivity index (χ3n) is 4.73. The summed E-state index contributed by atoms with van der Waals surface area (Å²) < 4.78 is 16.4. The van der Waals surface area contributed by atoms with Crippen LogP contribution in [0.4, 0.5) is 5.69 Å². The first-order chi connectivity index (χ1) is 13.0. The minimum absolute atomic E-state index is 0.282. The number of rotatable bonds is 6. The maximum atomic E-state index is 12.6. The molecule has 1 aliphatic rings. The molecule has 2 aromatic carbocycles. The van der Waals surface area contributed by atoms with Gasteiger partial charge in [0.15, 0.2) is 6.10 Å². The quantitative estimate of drug-likeness (QED) is 0.781. The van der Waals surface area contributed by atoms with Crippen molar-refractivity contribution in [1.29, 1.82) is 0 Å². The number of benzene rings is 2. The van der Waals surface area contributed by atoms with Crippen molar-refractivity contribution in [2.24, 2.45) is 0 Å². The van der Waals surface area contributed by atoms with Crippen molar-refractivity contribution < 1.29 is 19.0 Å². The molecule has 1 aliphatic carbocycles.